The Labute approximate surface area is 143 Å². The molecule has 0 saturated heterocycles. The number of benzene rings is 1. The molecule has 2 rings (SSSR count). The number of hydrogen-bond acceptors (Lipinski definition) is 4. The monoisotopic (exact) mass is 333 g/mol. The summed E-state index contributed by atoms with van der Waals surface area (Å²) in [5.74, 6) is 0.424. The summed E-state index contributed by atoms with van der Waals surface area (Å²) in [6.07, 6.45) is 3.50. The average molecular weight is 333 g/mol. The van der Waals surface area contributed by atoms with Crippen LogP contribution in [0.1, 0.15) is 56.8 Å². The lowest BCUT2D eigenvalue weighted by atomic mass is 10.2. The lowest BCUT2D eigenvalue weighted by Gasteiger charge is -2.17. The van der Waals surface area contributed by atoms with E-state index in [2.05, 4.69) is 19.2 Å². The summed E-state index contributed by atoms with van der Waals surface area (Å²) in [5, 5.41) is 2.94. The summed E-state index contributed by atoms with van der Waals surface area (Å²) in [7, 11) is 0. The van der Waals surface area contributed by atoms with Gasteiger partial charge in [-0.05, 0) is 49.9 Å². The fraction of sp³-hybridized carbons (Fsp3) is 0.579. The maximum absolute atomic E-state index is 12.1. The lowest BCUT2D eigenvalue weighted by molar-refractivity contribution is -0.129. The quantitative estimate of drug-likeness (QED) is 0.777. The molecule has 24 heavy (non-hydrogen) atoms. The molecule has 1 fully saturated rings. The number of esters is 1. The highest BCUT2D eigenvalue weighted by Gasteiger charge is 2.23. The molecule has 0 heterocycles. The van der Waals surface area contributed by atoms with Crippen molar-refractivity contribution in [2.24, 2.45) is 5.92 Å². The first-order valence-electron chi connectivity index (χ1n) is 8.70. The van der Waals surface area contributed by atoms with Crippen molar-refractivity contribution >= 4 is 11.9 Å². The van der Waals surface area contributed by atoms with Gasteiger partial charge in [-0.3, -0.25) is 4.79 Å². The van der Waals surface area contributed by atoms with E-state index in [9.17, 15) is 9.59 Å². The second-order valence-corrected chi connectivity index (χ2v) is 6.77. The fourth-order valence-corrected chi connectivity index (χ4v) is 2.62. The van der Waals surface area contributed by atoms with E-state index in [1.165, 1.54) is 0 Å². The smallest absolute Gasteiger partial charge is 0.338 e. The summed E-state index contributed by atoms with van der Waals surface area (Å²) in [5.41, 5.74) is 0.410. The molecule has 1 aromatic rings. The number of carbonyl (C=O) groups excluding carboxylic acids is 2. The van der Waals surface area contributed by atoms with Crippen molar-refractivity contribution in [2.75, 3.05) is 6.61 Å². The topological polar surface area (TPSA) is 64.6 Å². The van der Waals surface area contributed by atoms with Gasteiger partial charge < -0.3 is 14.8 Å². The van der Waals surface area contributed by atoms with Crippen LogP contribution in [0, 0.1) is 5.92 Å². The second kappa shape index (κ2) is 8.71. The molecule has 1 atom stereocenters. The van der Waals surface area contributed by atoms with Gasteiger partial charge >= 0.3 is 5.97 Å². The highest BCUT2D eigenvalue weighted by Crippen LogP contribution is 2.18. The van der Waals surface area contributed by atoms with E-state index in [-0.39, 0.29) is 11.9 Å². The molecule has 1 saturated carbocycles. The van der Waals surface area contributed by atoms with Gasteiger partial charge in [0.15, 0.2) is 6.10 Å². The molecular weight excluding hydrogens is 306 g/mol. The summed E-state index contributed by atoms with van der Waals surface area (Å²) in [6, 6.07) is 7.00. The van der Waals surface area contributed by atoms with Crippen LogP contribution in [0.2, 0.25) is 0 Å². The molecule has 0 radical (unpaired) electrons. The average Bonchev–Trinajstić information content (AvgIpc) is 3.06. The third-order valence-electron chi connectivity index (χ3n) is 4.03. The van der Waals surface area contributed by atoms with Crippen LogP contribution in [0.5, 0.6) is 5.75 Å². The summed E-state index contributed by atoms with van der Waals surface area (Å²) in [4.78, 5) is 24.2. The van der Waals surface area contributed by atoms with Gasteiger partial charge in [-0.15, -0.1) is 0 Å². The van der Waals surface area contributed by atoms with Crippen molar-refractivity contribution in [3.8, 4) is 5.75 Å². The van der Waals surface area contributed by atoms with Gasteiger partial charge in [0.1, 0.15) is 5.75 Å². The van der Waals surface area contributed by atoms with E-state index in [0.29, 0.717) is 23.8 Å². The summed E-state index contributed by atoms with van der Waals surface area (Å²) >= 11 is 0. The van der Waals surface area contributed by atoms with E-state index in [4.69, 9.17) is 9.47 Å². The van der Waals surface area contributed by atoms with Crippen LogP contribution in [-0.2, 0) is 9.53 Å². The van der Waals surface area contributed by atoms with Crippen LogP contribution in [0.15, 0.2) is 24.3 Å². The molecule has 1 N–H and O–H groups in total. The molecule has 1 aromatic carbocycles. The van der Waals surface area contributed by atoms with E-state index in [1.807, 2.05) is 0 Å². The van der Waals surface area contributed by atoms with Gasteiger partial charge in [-0.1, -0.05) is 26.7 Å². The maximum Gasteiger partial charge on any atom is 0.338 e. The Morgan fingerprint density at radius 3 is 2.33 bits per heavy atom. The lowest BCUT2D eigenvalue weighted by Crippen LogP contribution is -2.40. The number of hydrogen-bond donors (Lipinski definition) is 1. The molecule has 5 heteroatoms. The third kappa shape index (κ3) is 5.55. The van der Waals surface area contributed by atoms with E-state index < -0.39 is 12.1 Å². The zero-order valence-corrected chi connectivity index (χ0v) is 14.7. The molecule has 0 spiro atoms. The first-order chi connectivity index (χ1) is 11.5. The van der Waals surface area contributed by atoms with Crippen molar-refractivity contribution in [3.63, 3.8) is 0 Å². The van der Waals surface area contributed by atoms with Crippen molar-refractivity contribution in [3.05, 3.63) is 29.8 Å². The van der Waals surface area contributed by atoms with E-state index in [0.717, 1.165) is 25.7 Å². The minimum Gasteiger partial charge on any atom is -0.493 e. The van der Waals surface area contributed by atoms with E-state index >= 15 is 0 Å². The maximum atomic E-state index is 12.1. The number of carbonyl (C=O) groups is 2. The second-order valence-electron chi connectivity index (χ2n) is 6.77. The Bertz CT molecular complexity index is 547. The molecule has 1 unspecified atom stereocenters. The number of rotatable bonds is 7. The molecule has 1 aliphatic carbocycles. The molecule has 132 valence electrons. The number of ether oxygens (including phenoxy) is 2. The Balaban J connectivity index is 1.83. The van der Waals surface area contributed by atoms with Crippen LogP contribution in [0.3, 0.4) is 0 Å². The summed E-state index contributed by atoms with van der Waals surface area (Å²) < 4.78 is 10.8. The van der Waals surface area contributed by atoms with Crippen LogP contribution in [-0.4, -0.2) is 30.6 Å². The Kier molecular flexibility index (Phi) is 6.64. The Morgan fingerprint density at radius 2 is 1.75 bits per heavy atom. The van der Waals surface area contributed by atoms with Crippen molar-refractivity contribution in [1.82, 2.24) is 5.32 Å². The van der Waals surface area contributed by atoms with Gasteiger partial charge in [-0.2, -0.15) is 0 Å². The summed E-state index contributed by atoms with van der Waals surface area (Å²) in [6.45, 7) is 6.37. The minimum absolute atomic E-state index is 0.219. The fourth-order valence-electron chi connectivity index (χ4n) is 2.62. The Morgan fingerprint density at radius 1 is 1.12 bits per heavy atom. The molecule has 0 aromatic heterocycles. The normalized spacial score (nSPS) is 16.0. The third-order valence-corrected chi connectivity index (χ3v) is 4.03. The van der Waals surface area contributed by atoms with Gasteiger partial charge in [0.25, 0.3) is 5.91 Å². The zero-order valence-electron chi connectivity index (χ0n) is 14.7. The van der Waals surface area contributed by atoms with Gasteiger partial charge in [0.05, 0.1) is 12.2 Å². The van der Waals surface area contributed by atoms with Crippen molar-refractivity contribution in [2.45, 2.75) is 58.6 Å². The SMILES string of the molecule is CC(C)COc1ccc(C(=O)OC(C)C(=O)NC2CCCC2)cc1. The van der Waals surface area contributed by atoms with Crippen LogP contribution in [0.4, 0.5) is 0 Å². The predicted molar refractivity (Wildman–Crippen MR) is 92.1 cm³/mol. The largest absolute Gasteiger partial charge is 0.493 e. The highest BCUT2D eigenvalue weighted by molar-refractivity contribution is 5.92. The van der Waals surface area contributed by atoms with E-state index in [1.54, 1.807) is 31.2 Å². The van der Waals surface area contributed by atoms with Crippen LogP contribution >= 0.6 is 0 Å². The van der Waals surface area contributed by atoms with Crippen LogP contribution < -0.4 is 10.1 Å². The minimum atomic E-state index is -0.796. The molecule has 1 amide bonds. The first kappa shape index (κ1) is 18.3. The van der Waals surface area contributed by atoms with Gasteiger partial charge in [0.2, 0.25) is 0 Å². The van der Waals surface area contributed by atoms with Crippen molar-refractivity contribution in [1.29, 1.82) is 0 Å². The van der Waals surface area contributed by atoms with Crippen molar-refractivity contribution < 1.29 is 19.1 Å². The van der Waals surface area contributed by atoms with Gasteiger partial charge in [0, 0.05) is 6.04 Å². The molecular formula is C19H27NO4. The first-order valence-corrected chi connectivity index (χ1v) is 8.70. The van der Waals surface area contributed by atoms with Gasteiger partial charge in [-0.25, -0.2) is 4.79 Å². The molecule has 1 aliphatic rings. The Hall–Kier alpha value is -2.04. The number of nitrogens with one attached hydrogen (secondary N) is 1. The number of amides is 1. The standard InChI is InChI=1S/C19H27NO4/c1-13(2)12-23-17-10-8-15(9-11-17)19(22)24-14(3)18(21)20-16-6-4-5-7-16/h8-11,13-14,16H,4-7,12H2,1-3H3,(H,20,21). The molecule has 0 aliphatic heterocycles. The molecule has 5 nitrogen and oxygen atoms in total. The molecule has 0 bridgehead atoms. The van der Waals surface area contributed by atoms with Crippen LogP contribution in [0.25, 0.3) is 0 Å². The zero-order chi connectivity index (χ0) is 17.5. The highest BCUT2D eigenvalue weighted by atomic mass is 16.5. The predicted octanol–water partition coefficient (Wildman–Crippen LogP) is 3.33.